The Morgan fingerprint density at radius 2 is 1.83 bits per heavy atom. The van der Waals surface area contributed by atoms with Crippen LogP contribution in [0.5, 0.6) is 0 Å². The molecule has 190 valence electrons. The Labute approximate surface area is 206 Å². The summed E-state index contributed by atoms with van der Waals surface area (Å²) in [7, 11) is 3.96. The van der Waals surface area contributed by atoms with Crippen LogP contribution >= 0.6 is 0 Å². The zero-order valence-electron chi connectivity index (χ0n) is 20.5. The number of rotatable bonds is 13. The summed E-state index contributed by atoms with van der Waals surface area (Å²) in [5, 5.41) is 30.3. The van der Waals surface area contributed by atoms with Crippen LogP contribution in [0.15, 0.2) is 58.8 Å². The van der Waals surface area contributed by atoms with Gasteiger partial charge in [0.2, 0.25) is 0 Å². The molecule has 0 bridgehead atoms. The summed E-state index contributed by atoms with van der Waals surface area (Å²) in [6.07, 6.45) is 2.37. The Morgan fingerprint density at radius 3 is 2.54 bits per heavy atom. The molecule has 0 aromatic heterocycles. The van der Waals surface area contributed by atoms with Crippen LogP contribution in [-0.2, 0) is 9.47 Å². The number of aliphatic hydroxyl groups is 2. The topological polar surface area (TPSA) is 116 Å². The Balaban J connectivity index is 1.35. The number of carbonyl (C=O) groups excluding carboxylic acids is 1. The molecule has 35 heavy (non-hydrogen) atoms. The molecule has 9 heteroatoms. The maximum absolute atomic E-state index is 12.7. The smallest absolute Gasteiger partial charge is 0.253 e. The molecule has 3 atom stereocenters. The fourth-order valence-corrected chi connectivity index (χ4v) is 3.74. The zero-order chi connectivity index (χ0) is 25.0. The lowest BCUT2D eigenvalue weighted by Gasteiger charge is -2.12. The van der Waals surface area contributed by atoms with Crippen LogP contribution in [0.4, 0.5) is 17.1 Å². The number of aliphatic hydroxyl groups excluding tert-OH is 2. The second-order valence-corrected chi connectivity index (χ2v) is 8.76. The summed E-state index contributed by atoms with van der Waals surface area (Å²) >= 11 is 0. The van der Waals surface area contributed by atoms with Crippen molar-refractivity contribution in [3.63, 3.8) is 0 Å². The van der Waals surface area contributed by atoms with E-state index in [-0.39, 0.29) is 12.5 Å². The van der Waals surface area contributed by atoms with E-state index >= 15 is 0 Å². The van der Waals surface area contributed by atoms with Crippen molar-refractivity contribution in [3.8, 4) is 0 Å². The van der Waals surface area contributed by atoms with Gasteiger partial charge in [0.05, 0.1) is 29.6 Å². The van der Waals surface area contributed by atoms with Gasteiger partial charge < -0.3 is 29.9 Å². The van der Waals surface area contributed by atoms with Crippen LogP contribution in [-0.4, -0.2) is 68.5 Å². The Morgan fingerprint density at radius 1 is 1.09 bits per heavy atom. The van der Waals surface area contributed by atoms with E-state index in [2.05, 4.69) is 15.5 Å². The Bertz CT molecular complexity index is 951. The van der Waals surface area contributed by atoms with Gasteiger partial charge in [-0.25, -0.2) is 0 Å². The minimum absolute atomic E-state index is 0.166. The van der Waals surface area contributed by atoms with Crippen LogP contribution in [0.3, 0.4) is 0 Å². The molecular weight excluding hydrogens is 448 g/mol. The van der Waals surface area contributed by atoms with E-state index in [1.807, 2.05) is 55.4 Å². The van der Waals surface area contributed by atoms with Gasteiger partial charge in [-0.3, -0.25) is 4.79 Å². The van der Waals surface area contributed by atoms with Crippen molar-refractivity contribution < 1.29 is 24.5 Å². The van der Waals surface area contributed by atoms with Gasteiger partial charge in [0.1, 0.15) is 6.10 Å². The summed E-state index contributed by atoms with van der Waals surface area (Å²) in [6, 6.07) is 14.9. The van der Waals surface area contributed by atoms with Gasteiger partial charge in [-0.05, 0) is 49.2 Å². The highest BCUT2D eigenvalue weighted by molar-refractivity contribution is 5.98. The Kier molecular flexibility index (Phi) is 10.6. The molecule has 3 unspecified atom stereocenters. The number of hydrogen-bond acceptors (Lipinski definition) is 8. The minimum atomic E-state index is -0.671. The predicted octanol–water partition coefficient (Wildman–Crippen LogP) is 3.94. The van der Waals surface area contributed by atoms with Gasteiger partial charge in [0.15, 0.2) is 6.29 Å². The maximum Gasteiger partial charge on any atom is 0.253 e. The first-order valence-corrected chi connectivity index (χ1v) is 12.1. The number of nitrogens with zero attached hydrogens (tertiary/aromatic N) is 3. The zero-order valence-corrected chi connectivity index (χ0v) is 20.5. The summed E-state index contributed by atoms with van der Waals surface area (Å²) < 4.78 is 11.0. The minimum Gasteiger partial charge on any atom is -0.394 e. The van der Waals surface area contributed by atoms with Crippen LogP contribution in [0.2, 0.25) is 0 Å². The maximum atomic E-state index is 12.7. The average Bonchev–Trinajstić information content (AvgIpc) is 3.23. The van der Waals surface area contributed by atoms with E-state index < -0.39 is 18.5 Å². The highest BCUT2D eigenvalue weighted by Gasteiger charge is 2.33. The first-order chi connectivity index (χ1) is 17.0. The highest BCUT2D eigenvalue weighted by atomic mass is 16.7. The van der Waals surface area contributed by atoms with E-state index in [0.29, 0.717) is 30.8 Å². The van der Waals surface area contributed by atoms with Crippen molar-refractivity contribution >= 4 is 23.0 Å². The third kappa shape index (κ3) is 8.40. The molecule has 3 rings (SSSR count). The summed E-state index contributed by atoms with van der Waals surface area (Å²) in [6.45, 7) is 0.913. The molecule has 1 fully saturated rings. The number of carbonyl (C=O) groups is 1. The average molecular weight is 485 g/mol. The van der Waals surface area contributed by atoms with Crippen LogP contribution in [0.1, 0.15) is 42.5 Å². The fraction of sp³-hybridized carbons (Fsp3) is 0.500. The molecule has 0 spiro atoms. The van der Waals surface area contributed by atoms with E-state index in [9.17, 15) is 9.90 Å². The first-order valence-electron chi connectivity index (χ1n) is 12.1. The third-order valence-electron chi connectivity index (χ3n) is 5.82. The molecule has 0 aliphatic carbocycles. The van der Waals surface area contributed by atoms with Gasteiger partial charge in [-0.15, -0.1) is 5.11 Å². The number of ether oxygens (including phenoxy) is 2. The number of benzene rings is 2. The molecule has 1 aliphatic heterocycles. The van der Waals surface area contributed by atoms with Crippen LogP contribution < -0.4 is 10.2 Å². The summed E-state index contributed by atoms with van der Waals surface area (Å²) in [4.78, 5) is 14.7. The molecule has 1 heterocycles. The lowest BCUT2D eigenvalue weighted by Crippen LogP contribution is -2.24. The van der Waals surface area contributed by atoms with Crippen molar-refractivity contribution in [2.75, 3.05) is 38.8 Å². The monoisotopic (exact) mass is 484 g/mol. The number of anilines is 1. The number of amides is 1. The molecule has 0 saturated carbocycles. The largest absolute Gasteiger partial charge is 0.394 e. The normalized spacial score (nSPS) is 19.8. The van der Waals surface area contributed by atoms with Crippen molar-refractivity contribution in [3.05, 3.63) is 54.1 Å². The molecule has 9 nitrogen and oxygen atoms in total. The number of unbranched alkanes of at least 4 members (excludes halogenated alkanes) is 3. The van der Waals surface area contributed by atoms with E-state index in [4.69, 9.17) is 14.6 Å². The molecule has 1 aliphatic rings. The second kappa shape index (κ2) is 13.9. The quantitative estimate of drug-likeness (QED) is 0.293. The fourth-order valence-electron chi connectivity index (χ4n) is 3.74. The van der Waals surface area contributed by atoms with Gasteiger partial charge in [-0.1, -0.05) is 25.0 Å². The first kappa shape index (κ1) is 26.7. The van der Waals surface area contributed by atoms with Gasteiger partial charge in [0.25, 0.3) is 5.91 Å². The highest BCUT2D eigenvalue weighted by Crippen LogP contribution is 2.24. The van der Waals surface area contributed by atoms with Gasteiger partial charge >= 0.3 is 0 Å². The molecule has 2 aromatic carbocycles. The molecule has 0 radical (unpaired) electrons. The summed E-state index contributed by atoms with van der Waals surface area (Å²) in [5.41, 5.74) is 2.82. The SMILES string of the molecule is CN(C)c1ccc(N=Nc2ccccc2C(=O)NCCCCCCOC2CC(O)C(CO)O2)cc1. The molecule has 1 amide bonds. The lowest BCUT2D eigenvalue weighted by molar-refractivity contribution is -0.143. The van der Waals surface area contributed by atoms with Crippen LogP contribution in [0, 0.1) is 0 Å². The van der Waals surface area contributed by atoms with E-state index in [0.717, 1.165) is 37.1 Å². The van der Waals surface area contributed by atoms with Gasteiger partial charge in [-0.2, -0.15) is 5.11 Å². The van der Waals surface area contributed by atoms with Crippen molar-refractivity contribution in [2.24, 2.45) is 10.2 Å². The molecule has 2 aromatic rings. The summed E-state index contributed by atoms with van der Waals surface area (Å²) in [5.74, 6) is -0.166. The lowest BCUT2D eigenvalue weighted by atomic mass is 10.1. The molecule has 3 N–H and O–H groups in total. The third-order valence-corrected chi connectivity index (χ3v) is 5.82. The molecular formula is C26H36N4O5. The van der Waals surface area contributed by atoms with Crippen molar-refractivity contribution in [1.29, 1.82) is 0 Å². The predicted molar refractivity (Wildman–Crippen MR) is 135 cm³/mol. The standard InChI is InChI=1S/C26H36N4O5/c1-30(2)20-13-11-19(12-14-20)28-29-22-10-6-5-9-21(22)26(33)27-15-7-3-4-8-16-34-25-17-23(32)24(18-31)35-25/h5-6,9-14,23-25,31-32H,3-4,7-8,15-18H2,1-2H3,(H,27,33). The van der Waals surface area contributed by atoms with Crippen molar-refractivity contribution in [1.82, 2.24) is 5.32 Å². The molecule has 1 saturated heterocycles. The number of nitrogens with one attached hydrogen (secondary N) is 1. The van der Waals surface area contributed by atoms with Crippen molar-refractivity contribution in [2.45, 2.75) is 50.6 Å². The van der Waals surface area contributed by atoms with E-state index in [1.54, 1.807) is 12.1 Å². The van der Waals surface area contributed by atoms with Crippen LogP contribution in [0.25, 0.3) is 0 Å². The van der Waals surface area contributed by atoms with E-state index in [1.165, 1.54) is 0 Å². The number of azo groups is 1. The number of hydrogen-bond donors (Lipinski definition) is 3. The van der Waals surface area contributed by atoms with Gasteiger partial charge in [0, 0.05) is 39.4 Å². The second-order valence-electron chi connectivity index (χ2n) is 8.76. The Hall–Kier alpha value is -2.85.